The summed E-state index contributed by atoms with van der Waals surface area (Å²) in [6.07, 6.45) is 2.30. The fourth-order valence-electron chi connectivity index (χ4n) is 2.97. The van der Waals surface area contributed by atoms with Gasteiger partial charge in [-0.05, 0) is 43.9 Å². The molecule has 0 N–H and O–H groups in total. The third-order valence-electron chi connectivity index (χ3n) is 4.07. The Morgan fingerprint density at radius 3 is 2.92 bits per heavy atom. The Morgan fingerprint density at radius 2 is 2.24 bits per heavy atom. The van der Waals surface area contributed by atoms with Crippen molar-refractivity contribution in [1.82, 2.24) is 9.88 Å². The number of aromatic nitrogens is 1. The van der Waals surface area contributed by atoms with E-state index in [0.717, 1.165) is 16.9 Å². The van der Waals surface area contributed by atoms with Crippen molar-refractivity contribution in [2.45, 2.75) is 38.9 Å². The minimum Gasteiger partial charge on any atom is -0.444 e. The van der Waals surface area contributed by atoms with E-state index in [0.29, 0.717) is 13.2 Å². The second kappa shape index (κ2) is 7.14. The topological polar surface area (TPSA) is 51.7 Å². The predicted octanol–water partition coefficient (Wildman–Crippen LogP) is 4.29. The second-order valence-electron chi connectivity index (χ2n) is 7.21. The summed E-state index contributed by atoms with van der Waals surface area (Å²) in [5.74, 6) is 0. The first kappa shape index (κ1) is 17.9. The van der Waals surface area contributed by atoms with Crippen molar-refractivity contribution in [3.8, 4) is 10.4 Å². The molecule has 0 saturated heterocycles. The fraction of sp³-hybridized carbons (Fsp3) is 0.474. The maximum atomic E-state index is 12.2. The van der Waals surface area contributed by atoms with Crippen LogP contribution in [0.2, 0.25) is 0 Å². The number of hydrogen-bond donors (Lipinski definition) is 0. The van der Waals surface area contributed by atoms with E-state index in [2.05, 4.69) is 17.1 Å². The van der Waals surface area contributed by atoms with Crippen LogP contribution in [0.15, 0.2) is 29.9 Å². The molecular weight excluding hydrogens is 336 g/mol. The summed E-state index contributed by atoms with van der Waals surface area (Å²) in [7, 11) is 1.75. The maximum absolute atomic E-state index is 12.2. The van der Waals surface area contributed by atoms with Gasteiger partial charge in [-0.25, -0.2) is 4.79 Å². The van der Waals surface area contributed by atoms with Gasteiger partial charge in [0.25, 0.3) is 0 Å². The third kappa shape index (κ3) is 4.19. The van der Waals surface area contributed by atoms with E-state index in [1.807, 2.05) is 38.5 Å². The van der Waals surface area contributed by atoms with Gasteiger partial charge in [0.15, 0.2) is 0 Å². The zero-order chi connectivity index (χ0) is 18.0. The fourth-order valence-corrected chi connectivity index (χ4v) is 3.65. The van der Waals surface area contributed by atoms with Crippen molar-refractivity contribution in [3.63, 3.8) is 0 Å². The van der Waals surface area contributed by atoms with Gasteiger partial charge >= 0.3 is 6.09 Å². The molecule has 0 aliphatic carbocycles. The van der Waals surface area contributed by atoms with E-state index in [9.17, 15) is 4.79 Å². The lowest BCUT2D eigenvalue weighted by atomic mass is 9.92. The second-order valence-corrected chi connectivity index (χ2v) is 8.10. The van der Waals surface area contributed by atoms with Crippen LogP contribution >= 0.6 is 11.3 Å². The quantitative estimate of drug-likeness (QED) is 0.819. The lowest BCUT2D eigenvalue weighted by Gasteiger charge is -2.31. The molecule has 1 amide bonds. The van der Waals surface area contributed by atoms with Crippen LogP contribution < -0.4 is 0 Å². The lowest BCUT2D eigenvalue weighted by Crippen LogP contribution is -2.38. The normalized spacial score (nSPS) is 17.0. The van der Waals surface area contributed by atoms with Crippen molar-refractivity contribution in [1.29, 1.82) is 0 Å². The zero-order valence-electron chi connectivity index (χ0n) is 15.1. The summed E-state index contributed by atoms with van der Waals surface area (Å²) in [6, 6.07) is 6.27. The number of rotatable bonds is 3. The van der Waals surface area contributed by atoms with Gasteiger partial charge in [0, 0.05) is 13.2 Å². The third-order valence-corrected chi connectivity index (χ3v) is 4.88. The molecule has 6 heteroatoms. The van der Waals surface area contributed by atoms with E-state index in [4.69, 9.17) is 9.47 Å². The Kier molecular flexibility index (Phi) is 5.11. The summed E-state index contributed by atoms with van der Waals surface area (Å²) in [6.45, 7) is 6.72. The molecule has 25 heavy (non-hydrogen) atoms. The Balaban J connectivity index is 1.80. The first-order chi connectivity index (χ1) is 11.8. The van der Waals surface area contributed by atoms with Gasteiger partial charge in [0.1, 0.15) is 11.7 Å². The summed E-state index contributed by atoms with van der Waals surface area (Å²) < 4.78 is 11.4. The van der Waals surface area contributed by atoms with Crippen LogP contribution in [0.1, 0.15) is 38.0 Å². The molecule has 1 aliphatic rings. The molecule has 1 atom stereocenters. The Hall–Kier alpha value is -1.92. The maximum Gasteiger partial charge on any atom is 0.410 e. The van der Waals surface area contributed by atoms with Crippen LogP contribution in [0.4, 0.5) is 4.79 Å². The highest BCUT2D eigenvalue weighted by Gasteiger charge is 2.27. The molecule has 1 aromatic carbocycles. The highest BCUT2D eigenvalue weighted by molar-refractivity contribution is 7.13. The molecule has 0 fully saturated rings. The smallest absolute Gasteiger partial charge is 0.410 e. The monoisotopic (exact) mass is 360 g/mol. The summed E-state index contributed by atoms with van der Waals surface area (Å²) in [4.78, 5) is 19.2. The number of likely N-dealkylation sites (N-methyl/N-ethyl adjacent to an activating group) is 1. The zero-order valence-corrected chi connectivity index (χ0v) is 15.9. The average Bonchev–Trinajstić information content (AvgIpc) is 3.07. The molecular formula is C19H24N2O3S. The molecule has 0 saturated carbocycles. The minimum atomic E-state index is -0.504. The number of ether oxygens (including phenoxy) is 2. The van der Waals surface area contributed by atoms with Gasteiger partial charge in [-0.3, -0.25) is 4.98 Å². The van der Waals surface area contributed by atoms with E-state index < -0.39 is 5.60 Å². The Bertz CT molecular complexity index is 738. The molecule has 2 heterocycles. The molecule has 5 nitrogen and oxygen atoms in total. The van der Waals surface area contributed by atoms with E-state index in [1.165, 1.54) is 11.1 Å². The summed E-state index contributed by atoms with van der Waals surface area (Å²) >= 11 is 1.64. The SMILES string of the molecule is CN(CC1OCCc2c(-c3cncs3)cccc21)C(=O)OC(C)(C)C. The van der Waals surface area contributed by atoms with Crippen molar-refractivity contribution in [3.05, 3.63) is 41.0 Å². The number of nitrogens with zero attached hydrogens (tertiary/aromatic N) is 2. The van der Waals surface area contributed by atoms with Crippen LogP contribution in [0.25, 0.3) is 10.4 Å². The molecule has 1 unspecified atom stereocenters. The van der Waals surface area contributed by atoms with E-state index in [1.54, 1.807) is 23.3 Å². The molecule has 1 aliphatic heterocycles. The lowest BCUT2D eigenvalue weighted by molar-refractivity contribution is -0.00157. The van der Waals surface area contributed by atoms with Crippen LogP contribution in [-0.2, 0) is 15.9 Å². The van der Waals surface area contributed by atoms with E-state index in [-0.39, 0.29) is 12.2 Å². The number of carbonyl (C=O) groups is 1. The molecule has 134 valence electrons. The first-order valence-electron chi connectivity index (χ1n) is 8.41. The summed E-state index contributed by atoms with van der Waals surface area (Å²) in [5.41, 5.74) is 5.00. The molecule has 1 aromatic heterocycles. The molecule has 0 bridgehead atoms. The number of hydrogen-bond acceptors (Lipinski definition) is 5. The van der Waals surface area contributed by atoms with Gasteiger partial charge in [-0.15, -0.1) is 11.3 Å². The molecule has 0 spiro atoms. The van der Waals surface area contributed by atoms with Crippen molar-refractivity contribution in [2.75, 3.05) is 20.2 Å². The number of thiazole rings is 1. The number of amides is 1. The van der Waals surface area contributed by atoms with Gasteiger partial charge in [0.05, 0.1) is 23.5 Å². The van der Waals surface area contributed by atoms with Crippen LogP contribution in [0.5, 0.6) is 0 Å². The highest BCUT2D eigenvalue weighted by Crippen LogP contribution is 2.36. The first-order valence-corrected chi connectivity index (χ1v) is 9.29. The Morgan fingerprint density at radius 1 is 1.44 bits per heavy atom. The van der Waals surface area contributed by atoms with Gasteiger partial charge in [-0.2, -0.15) is 0 Å². The minimum absolute atomic E-state index is 0.144. The van der Waals surface area contributed by atoms with Crippen molar-refractivity contribution >= 4 is 17.4 Å². The number of fused-ring (bicyclic) bond motifs is 1. The van der Waals surface area contributed by atoms with Gasteiger partial charge in [0.2, 0.25) is 0 Å². The van der Waals surface area contributed by atoms with Crippen LogP contribution in [-0.4, -0.2) is 41.8 Å². The molecule has 0 radical (unpaired) electrons. The van der Waals surface area contributed by atoms with Crippen LogP contribution in [0, 0.1) is 0 Å². The molecule has 3 rings (SSSR count). The van der Waals surface area contributed by atoms with Gasteiger partial charge in [-0.1, -0.05) is 18.2 Å². The van der Waals surface area contributed by atoms with Crippen LogP contribution in [0.3, 0.4) is 0 Å². The van der Waals surface area contributed by atoms with Gasteiger partial charge < -0.3 is 14.4 Å². The number of benzene rings is 1. The summed E-state index contributed by atoms with van der Waals surface area (Å²) in [5, 5.41) is 0. The largest absolute Gasteiger partial charge is 0.444 e. The molecule has 2 aromatic rings. The number of carbonyl (C=O) groups excluding carboxylic acids is 1. The van der Waals surface area contributed by atoms with Crippen molar-refractivity contribution in [2.24, 2.45) is 0 Å². The average molecular weight is 360 g/mol. The predicted molar refractivity (Wildman–Crippen MR) is 98.8 cm³/mol. The highest BCUT2D eigenvalue weighted by atomic mass is 32.1. The van der Waals surface area contributed by atoms with E-state index >= 15 is 0 Å². The van der Waals surface area contributed by atoms with Crippen molar-refractivity contribution < 1.29 is 14.3 Å². The Labute approximate surface area is 152 Å². The standard InChI is InChI=1S/C19H24N2O3S/c1-19(2,3)24-18(22)21(4)11-16-14-6-5-7-15(13(14)8-9-23-16)17-10-20-12-25-17/h5-7,10,12,16H,8-9,11H2,1-4H3.